The first kappa shape index (κ1) is 22.1. The Morgan fingerprint density at radius 2 is 1.90 bits per heavy atom. The summed E-state index contributed by atoms with van der Waals surface area (Å²) >= 11 is 0. The Bertz CT molecular complexity index is 783. The van der Waals surface area contributed by atoms with Gasteiger partial charge in [0.25, 0.3) is 0 Å². The summed E-state index contributed by atoms with van der Waals surface area (Å²) in [6.45, 7) is 6.40. The number of guanidine groups is 1. The first-order valence-corrected chi connectivity index (χ1v) is 12.1. The van der Waals surface area contributed by atoms with Crippen LogP contribution < -0.4 is 5.32 Å². The van der Waals surface area contributed by atoms with Crippen LogP contribution >= 0.6 is 0 Å². The van der Waals surface area contributed by atoms with Crippen molar-refractivity contribution in [3.05, 3.63) is 29.8 Å². The van der Waals surface area contributed by atoms with E-state index in [0.29, 0.717) is 30.6 Å². The smallest absolute Gasteiger partial charge is 0.243 e. The lowest BCUT2D eigenvalue weighted by molar-refractivity contribution is 0.0263. The van der Waals surface area contributed by atoms with Gasteiger partial charge in [0.15, 0.2) is 5.96 Å². The van der Waals surface area contributed by atoms with E-state index in [9.17, 15) is 8.42 Å². The first-order valence-electron chi connectivity index (χ1n) is 10.7. The number of hydrogen-bond acceptors (Lipinski definition) is 4. The van der Waals surface area contributed by atoms with Crippen LogP contribution in [0.3, 0.4) is 0 Å². The topological polar surface area (TPSA) is 74.2 Å². The highest BCUT2D eigenvalue weighted by molar-refractivity contribution is 7.89. The van der Waals surface area contributed by atoms with Crippen molar-refractivity contribution < 1.29 is 13.2 Å². The summed E-state index contributed by atoms with van der Waals surface area (Å²) in [6, 6.07) is 7.26. The maximum Gasteiger partial charge on any atom is 0.243 e. The maximum absolute atomic E-state index is 12.9. The molecule has 7 nitrogen and oxygen atoms in total. The molecule has 1 N–H and O–H groups in total. The van der Waals surface area contributed by atoms with Crippen molar-refractivity contribution in [2.45, 2.75) is 56.6 Å². The summed E-state index contributed by atoms with van der Waals surface area (Å²) in [5.74, 6) is 0.851. The van der Waals surface area contributed by atoms with Crippen LogP contribution in [0.15, 0.2) is 34.2 Å². The molecule has 0 saturated carbocycles. The monoisotopic (exact) mass is 422 g/mol. The van der Waals surface area contributed by atoms with Crippen molar-refractivity contribution in [1.29, 1.82) is 0 Å². The van der Waals surface area contributed by atoms with E-state index >= 15 is 0 Å². The zero-order valence-electron chi connectivity index (χ0n) is 17.6. The van der Waals surface area contributed by atoms with Crippen molar-refractivity contribution in [2.75, 3.05) is 39.8 Å². The predicted molar refractivity (Wildman–Crippen MR) is 115 cm³/mol. The number of piperidine rings is 2. The summed E-state index contributed by atoms with van der Waals surface area (Å²) in [7, 11) is -1.62. The second-order valence-electron chi connectivity index (χ2n) is 7.65. The van der Waals surface area contributed by atoms with E-state index in [0.717, 1.165) is 63.3 Å². The molecule has 2 aliphatic heterocycles. The van der Waals surface area contributed by atoms with Crippen molar-refractivity contribution in [1.82, 2.24) is 14.5 Å². The minimum Gasteiger partial charge on any atom is -0.378 e. The van der Waals surface area contributed by atoms with Gasteiger partial charge in [-0.2, -0.15) is 4.31 Å². The molecular formula is C21H34N4O3S. The molecule has 3 rings (SSSR count). The molecule has 29 heavy (non-hydrogen) atoms. The average molecular weight is 423 g/mol. The Morgan fingerprint density at radius 3 is 2.55 bits per heavy atom. The summed E-state index contributed by atoms with van der Waals surface area (Å²) in [4.78, 5) is 7.03. The summed E-state index contributed by atoms with van der Waals surface area (Å²) in [6.07, 6.45) is 5.33. The molecule has 1 aromatic rings. The minimum absolute atomic E-state index is 0.339. The SMILES string of the molecule is CCOC1CCN(C(=NC)NCc2cccc(S(=O)(=O)N3CCCCC3)c2)CC1. The van der Waals surface area contributed by atoms with Crippen LogP contribution in [-0.2, 0) is 21.3 Å². The molecule has 162 valence electrons. The first-order chi connectivity index (χ1) is 14.0. The van der Waals surface area contributed by atoms with Crippen molar-refractivity contribution >= 4 is 16.0 Å². The van der Waals surface area contributed by atoms with E-state index in [4.69, 9.17) is 4.74 Å². The molecule has 0 amide bonds. The largest absolute Gasteiger partial charge is 0.378 e. The van der Waals surface area contributed by atoms with Gasteiger partial charge in [-0.15, -0.1) is 0 Å². The van der Waals surface area contributed by atoms with Gasteiger partial charge in [-0.1, -0.05) is 18.6 Å². The minimum atomic E-state index is -3.41. The lowest BCUT2D eigenvalue weighted by atomic mass is 10.1. The van der Waals surface area contributed by atoms with Gasteiger partial charge in [0.05, 0.1) is 11.0 Å². The van der Waals surface area contributed by atoms with Crippen LogP contribution in [0.5, 0.6) is 0 Å². The number of nitrogens with one attached hydrogen (secondary N) is 1. The number of likely N-dealkylation sites (tertiary alicyclic amines) is 1. The molecular weight excluding hydrogens is 388 g/mol. The maximum atomic E-state index is 12.9. The molecule has 0 atom stereocenters. The third-order valence-electron chi connectivity index (χ3n) is 5.66. The van der Waals surface area contributed by atoms with Crippen LogP contribution in [0.1, 0.15) is 44.6 Å². The lowest BCUT2D eigenvalue weighted by Crippen LogP contribution is -2.46. The Kier molecular flexibility index (Phi) is 7.91. The summed E-state index contributed by atoms with van der Waals surface area (Å²) in [5, 5.41) is 3.39. The molecule has 0 radical (unpaired) electrons. The molecule has 1 aromatic carbocycles. The number of aliphatic imine (C=N–C) groups is 1. The highest BCUT2D eigenvalue weighted by Crippen LogP contribution is 2.21. The molecule has 2 heterocycles. The Hall–Kier alpha value is -1.64. The predicted octanol–water partition coefficient (Wildman–Crippen LogP) is 2.44. The number of nitrogens with zero attached hydrogens (tertiary/aromatic N) is 3. The van der Waals surface area contributed by atoms with Crippen LogP contribution in [0.4, 0.5) is 0 Å². The van der Waals surface area contributed by atoms with Gasteiger partial charge in [-0.25, -0.2) is 8.42 Å². The summed E-state index contributed by atoms with van der Waals surface area (Å²) in [5.41, 5.74) is 0.938. The second kappa shape index (κ2) is 10.4. The third kappa shape index (κ3) is 5.71. The van der Waals surface area contributed by atoms with E-state index in [1.807, 2.05) is 19.1 Å². The van der Waals surface area contributed by atoms with Crippen LogP contribution in [0.25, 0.3) is 0 Å². The second-order valence-corrected chi connectivity index (χ2v) is 9.59. The van der Waals surface area contributed by atoms with Crippen molar-refractivity contribution in [3.8, 4) is 0 Å². The molecule has 0 aliphatic carbocycles. The fourth-order valence-corrected chi connectivity index (χ4v) is 5.64. The number of ether oxygens (including phenoxy) is 1. The van der Waals surface area contributed by atoms with Gasteiger partial charge in [0.1, 0.15) is 0 Å². The molecule has 8 heteroatoms. The van der Waals surface area contributed by atoms with Gasteiger partial charge >= 0.3 is 0 Å². The van der Waals surface area contributed by atoms with E-state index in [2.05, 4.69) is 15.2 Å². The van der Waals surface area contributed by atoms with E-state index in [1.165, 1.54) is 0 Å². The summed E-state index contributed by atoms with van der Waals surface area (Å²) < 4.78 is 33.2. The molecule has 0 unspecified atom stereocenters. The number of benzene rings is 1. The van der Waals surface area contributed by atoms with E-state index in [-0.39, 0.29) is 0 Å². The quantitative estimate of drug-likeness (QED) is 0.563. The van der Waals surface area contributed by atoms with Gasteiger partial charge in [0.2, 0.25) is 10.0 Å². The normalized spacial score (nSPS) is 20.1. The van der Waals surface area contributed by atoms with Crippen molar-refractivity contribution in [3.63, 3.8) is 0 Å². The lowest BCUT2D eigenvalue weighted by Gasteiger charge is -2.34. The highest BCUT2D eigenvalue weighted by atomic mass is 32.2. The number of sulfonamides is 1. The molecule has 0 aromatic heterocycles. The Morgan fingerprint density at radius 1 is 1.17 bits per heavy atom. The Labute approximate surface area is 175 Å². The third-order valence-corrected chi connectivity index (χ3v) is 7.55. The van der Waals surface area contributed by atoms with E-state index in [1.54, 1.807) is 23.5 Å². The van der Waals surface area contributed by atoms with Crippen LogP contribution in [0.2, 0.25) is 0 Å². The zero-order valence-corrected chi connectivity index (χ0v) is 18.5. The zero-order chi connectivity index (χ0) is 20.7. The van der Waals surface area contributed by atoms with Gasteiger partial charge in [0, 0.05) is 46.4 Å². The van der Waals surface area contributed by atoms with Gasteiger partial charge < -0.3 is 15.0 Å². The van der Waals surface area contributed by atoms with Gasteiger partial charge in [-0.05, 0) is 50.3 Å². The average Bonchev–Trinajstić information content (AvgIpc) is 2.76. The standard InChI is InChI=1S/C21H34N4O3S/c1-3-28-19-10-14-24(15-11-19)21(22-2)23-17-18-8-7-9-20(16-18)29(26,27)25-12-5-4-6-13-25/h7-9,16,19H,3-6,10-15,17H2,1-2H3,(H,22,23). The fourth-order valence-electron chi connectivity index (χ4n) is 4.05. The van der Waals surface area contributed by atoms with Crippen LogP contribution in [-0.4, -0.2) is 69.5 Å². The van der Waals surface area contributed by atoms with Crippen molar-refractivity contribution in [2.24, 2.45) is 4.99 Å². The number of hydrogen-bond donors (Lipinski definition) is 1. The molecule has 0 bridgehead atoms. The number of rotatable bonds is 6. The highest BCUT2D eigenvalue weighted by Gasteiger charge is 2.26. The van der Waals surface area contributed by atoms with E-state index < -0.39 is 10.0 Å². The Balaban J connectivity index is 1.60. The molecule has 0 spiro atoms. The fraction of sp³-hybridized carbons (Fsp3) is 0.667. The van der Waals surface area contributed by atoms with Gasteiger partial charge in [-0.3, -0.25) is 4.99 Å². The molecule has 2 saturated heterocycles. The van der Waals surface area contributed by atoms with Crippen LogP contribution in [0, 0.1) is 0 Å². The molecule has 2 fully saturated rings. The molecule has 2 aliphatic rings.